The Morgan fingerprint density at radius 3 is 3.00 bits per heavy atom. The third-order valence-corrected chi connectivity index (χ3v) is 3.60. The molecule has 0 spiro atoms. The van der Waals surface area contributed by atoms with Gasteiger partial charge in [0.25, 0.3) is 0 Å². The van der Waals surface area contributed by atoms with Crippen LogP contribution < -0.4 is 0 Å². The summed E-state index contributed by atoms with van der Waals surface area (Å²) >= 11 is 0. The number of hydrogen-bond acceptors (Lipinski definition) is 2. The van der Waals surface area contributed by atoms with Crippen molar-refractivity contribution in [3.63, 3.8) is 0 Å². The molecule has 2 nitrogen and oxygen atoms in total. The fourth-order valence-electron chi connectivity index (χ4n) is 2.63. The van der Waals surface area contributed by atoms with E-state index < -0.39 is 5.60 Å². The number of benzene rings is 1. The van der Waals surface area contributed by atoms with Gasteiger partial charge in [-0.2, -0.15) is 0 Å². The van der Waals surface area contributed by atoms with E-state index in [1.54, 1.807) is 0 Å². The molecule has 1 fully saturated rings. The first-order valence-corrected chi connectivity index (χ1v) is 6.51. The van der Waals surface area contributed by atoms with Crippen LogP contribution in [0.5, 0.6) is 0 Å². The number of rotatable bonds is 3. The van der Waals surface area contributed by atoms with E-state index in [9.17, 15) is 5.11 Å². The Bertz CT molecular complexity index is 375. The molecule has 0 aromatic heterocycles. The van der Waals surface area contributed by atoms with Crippen molar-refractivity contribution in [3.05, 3.63) is 35.4 Å². The molecule has 94 valence electrons. The Balaban J connectivity index is 2.06. The highest BCUT2D eigenvalue weighted by Crippen LogP contribution is 2.29. The van der Waals surface area contributed by atoms with Gasteiger partial charge in [0.2, 0.25) is 0 Å². The van der Waals surface area contributed by atoms with Gasteiger partial charge in [-0.15, -0.1) is 0 Å². The van der Waals surface area contributed by atoms with Crippen molar-refractivity contribution < 1.29 is 9.84 Å². The highest BCUT2D eigenvalue weighted by molar-refractivity contribution is 5.23. The molecule has 1 aromatic rings. The first-order chi connectivity index (χ1) is 8.11. The monoisotopic (exact) mass is 234 g/mol. The summed E-state index contributed by atoms with van der Waals surface area (Å²) in [4.78, 5) is 0. The maximum atomic E-state index is 10.6. The molecule has 0 amide bonds. The van der Waals surface area contributed by atoms with E-state index in [0.29, 0.717) is 6.61 Å². The number of ether oxygens (including phenoxy) is 1. The van der Waals surface area contributed by atoms with Crippen LogP contribution in [-0.2, 0) is 11.2 Å². The van der Waals surface area contributed by atoms with Gasteiger partial charge in [-0.1, -0.05) is 36.8 Å². The second-order valence-electron chi connectivity index (χ2n) is 5.25. The van der Waals surface area contributed by atoms with Crippen LogP contribution >= 0.6 is 0 Å². The van der Waals surface area contributed by atoms with Gasteiger partial charge < -0.3 is 9.84 Å². The predicted molar refractivity (Wildman–Crippen MR) is 69.1 cm³/mol. The summed E-state index contributed by atoms with van der Waals surface area (Å²) in [5.41, 5.74) is 1.90. The van der Waals surface area contributed by atoms with Crippen LogP contribution in [0.15, 0.2) is 24.3 Å². The highest BCUT2D eigenvalue weighted by atomic mass is 16.5. The van der Waals surface area contributed by atoms with Gasteiger partial charge in [0.15, 0.2) is 0 Å². The van der Waals surface area contributed by atoms with Crippen molar-refractivity contribution in [2.24, 2.45) is 0 Å². The molecule has 2 rings (SSSR count). The number of aryl methyl sites for hydroxylation is 1. The first kappa shape index (κ1) is 12.6. The fourth-order valence-corrected chi connectivity index (χ4v) is 2.63. The zero-order valence-electron chi connectivity index (χ0n) is 10.8. The quantitative estimate of drug-likeness (QED) is 0.871. The Morgan fingerprint density at radius 1 is 1.47 bits per heavy atom. The summed E-state index contributed by atoms with van der Waals surface area (Å²) in [6.45, 7) is 4.89. The zero-order chi connectivity index (χ0) is 12.3. The number of hydrogen-bond donors (Lipinski definition) is 1. The van der Waals surface area contributed by atoms with Crippen molar-refractivity contribution in [2.75, 3.05) is 6.61 Å². The lowest BCUT2D eigenvalue weighted by Crippen LogP contribution is -2.42. The van der Waals surface area contributed by atoms with Crippen LogP contribution in [0.1, 0.15) is 37.3 Å². The molecule has 1 aromatic carbocycles. The van der Waals surface area contributed by atoms with Crippen LogP contribution in [0.3, 0.4) is 0 Å². The summed E-state index contributed by atoms with van der Waals surface area (Å²) < 4.78 is 5.62. The van der Waals surface area contributed by atoms with Crippen molar-refractivity contribution in [1.82, 2.24) is 0 Å². The molecule has 0 radical (unpaired) electrons. The van der Waals surface area contributed by atoms with E-state index in [1.807, 2.05) is 0 Å². The van der Waals surface area contributed by atoms with E-state index >= 15 is 0 Å². The minimum atomic E-state index is -0.577. The fraction of sp³-hybridized carbons (Fsp3) is 0.600. The molecule has 0 bridgehead atoms. The Kier molecular flexibility index (Phi) is 3.85. The molecular weight excluding hydrogens is 212 g/mol. The summed E-state index contributed by atoms with van der Waals surface area (Å²) in [7, 11) is 0. The summed E-state index contributed by atoms with van der Waals surface area (Å²) in [5, 5.41) is 10.6. The second kappa shape index (κ2) is 5.19. The zero-order valence-corrected chi connectivity index (χ0v) is 10.8. The highest BCUT2D eigenvalue weighted by Gasteiger charge is 2.34. The lowest BCUT2D eigenvalue weighted by molar-refractivity contribution is -0.103. The van der Waals surface area contributed by atoms with E-state index in [4.69, 9.17) is 4.74 Å². The van der Waals surface area contributed by atoms with Gasteiger partial charge in [0.1, 0.15) is 0 Å². The summed E-state index contributed by atoms with van der Waals surface area (Å²) in [6.07, 6.45) is 3.46. The molecule has 1 saturated heterocycles. The standard InChI is InChI=1S/C15H22O2/c1-3-14-11-15(16,7-8-17-14)10-13-6-4-5-12(2)9-13/h4-6,9,14,16H,3,7-8,10-11H2,1-2H3. The third kappa shape index (κ3) is 3.30. The van der Waals surface area contributed by atoms with Gasteiger partial charge in [-0.05, 0) is 25.3 Å². The van der Waals surface area contributed by atoms with Crippen LogP contribution in [-0.4, -0.2) is 23.4 Å². The SMILES string of the molecule is CCC1CC(O)(Cc2cccc(C)c2)CCO1. The van der Waals surface area contributed by atoms with Crippen LogP contribution in [0.25, 0.3) is 0 Å². The van der Waals surface area contributed by atoms with Crippen molar-refractivity contribution >= 4 is 0 Å². The second-order valence-corrected chi connectivity index (χ2v) is 5.25. The van der Waals surface area contributed by atoms with Crippen LogP contribution in [0, 0.1) is 6.92 Å². The third-order valence-electron chi connectivity index (χ3n) is 3.60. The Hall–Kier alpha value is -0.860. The normalized spacial score (nSPS) is 29.2. The van der Waals surface area contributed by atoms with Gasteiger partial charge in [0, 0.05) is 19.4 Å². The Labute approximate surface area is 104 Å². The molecule has 1 heterocycles. The molecule has 17 heavy (non-hydrogen) atoms. The van der Waals surface area contributed by atoms with Gasteiger partial charge >= 0.3 is 0 Å². The molecule has 1 aliphatic rings. The van der Waals surface area contributed by atoms with Crippen molar-refractivity contribution in [2.45, 2.75) is 51.2 Å². The molecular formula is C15H22O2. The molecule has 1 aliphatic heterocycles. The largest absolute Gasteiger partial charge is 0.389 e. The molecule has 0 saturated carbocycles. The summed E-state index contributed by atoms with van der Waals surface area (Å²) in [5.74, 6) is 0. The first-order valence-electron chi connectivity index (χ1n) is 6.51. The van der Waals surface area contributed by atoms with E-state index in [1.165, 1.54) is 11.1 Å². The minimum absolute atomic E-state index is 0.221. The summed E-state index contributed by atoms with van der Waals surface area (Å²) in [6, 6.07) is 8.41. The average molecular weight is 234 g/mol. The predicted octanol–water partition coefficient (Wildman–Crippen LogP) is 2.86. The van der Waals surface area contributed by atoms with Crippen LogP contribution in [0.4, 0.5) is 0 Å². The van der Waals surface area contributed by atoms with E-state index in [2.05, 4.69) is 38.1 Å². The molecule has 2 atom stereocenters. The van der Waals surface area contributed by atoms with Crippen molar-refractivity contribution in [1.29, 1.82) is 0 Å². The Morgan fingerprint density at radius 2 is 2.29 bits per heavy atom. The molecule has 2 heteroatoms. The lowest BCUT2D eigenvalue weighted by atomic mass is 9.84. The van der Waals surface area contributed by atoms with Crippen LogP contribution in [0.2, 0.25) is 0 Å². The van der Waals surface area contributed by atoms with Gasteiger partial charge in [-0.25, -0.2) is 0 Å². The maximum absolute atomic E-state index is 10.6. The maximum Gasteiger partial charge on any atom is 0.0734 e. The van der Waals surface area contributed by atoms with Gasteiger partial charge in [0.05, 0.1) is 11.7 Å². The minimum Gasteiger partial charge on any atom is -0.389 e. The van der Waals surface area contributed by atoms with E-state index in [-0.39, 0.29) is 6.10 Å². The number of aliphatic hydroxyl groups is 1. The lowest BCUT2D eigenvalue weighted by Gasteiger charge is -2.36. The topological polar surface area (TPSA) is 29.5 Å². The van der Waals surface area contributed by atoms with E-state index in [0.717, 1.165) is 25.7 Å². The van der Waals surface area contributed by atoms with Crippen molar-refractivity contribution in [3.8, 4) is 0 Å². The molecule has 0 aliphatic carbocycles. The smallest absolute Gasteiger partial charge is 0.0734 e. The average Bonchev–Trinajstić information content (AvgIpc) is 2.28. The molecule has 2 unspecified atom stereocenters. The molecule has 1 N–H and O–H groups in total. The van der Waals surface area contributed by atoms with Gasteiger partial charge in [-0.3, -0.25) is 0 Å².